The maximum Gasteiger partial charge on any atom is 0.247 e. The molecular formula is C14H22BrClN2O3S. The molecule has 0 aliphatic carbocycles. The Morgan fingerprint density at radius 1 is 1.41 bits per heavy atom. The molecule has 2 atom stereocenters. The van der Waals surface area contributed by atoms with Gasteiger partial charge in [0, 0.05) is 23.1 Å². The van der Waals surface area contributed by atoms with Gasteiger partial charge in [0.05, 0.1) is 7.11 Å². The van der Waals surface area contributed by atoms with Crippen LogP contribution in [0.15, 0.2) is 27.6 Å². The summed E-state index contributed by atoms with van der Waals surface area (Å²) in [6.45, 7) is 2.36. The van der Waals surface area contributed by atoms with E-state index in [0.29, 0.717) is 16.8 Å². The molecule has 0 aromatic heterocycles. The summed E-state index contributed by atoms with van der Waals surface area (Å²) >= 11 is 3.32. The summed E-state index contributed by atoms with van der Waals surface area (Å²) in [6.07, 6.45) is 2.67. The zero-order valence-electron chi connectivity index (χ0n) is 12.7. The molecule has 1 aromatic rings. The highest BCUT2D eigenvalue weighted by Crippen LogP contribution is 2.33. The molecule has 1 heterocycles. The van der Waals surface area contributed by atoms with Crippen molar-refractivity contribution in [2.45, 2.75) is 43.2 Å². The fraction of sp³-hybridized carbons (Fsp3) is 0.571. The second kappa shape index (κ2) is 7.97. The molecule has 2 N–H and O–H groups in total. The van der Waals surface area contributed by atoms with Crippen molar-refractivity contribution >= 4 is 38.4 Å². The van der Waals surface area contributed by atoms with E-state index in [-0.39, 0.29) is 29.4 Å². The predicted molar refractivity (Wildman–Crippen MR) is 93.1 cm³/mol. The average Bonchev–Trinajstić information content (AvgIpc) is 2.47. The van der Waals surface area contributed by atoms with Crippen LogP contribution in [-0.4, -0.2) is 38.5 Å². The van der Waals surface area contributed by atoms with E-state index in [9.17, 15) is 8.42 Å². The third-order valence-corrected chi connectivity index (χ3v) is 6.26. The van der Waals surface area contributed by atoms with Crippen LogP contribution in [0.5, 0.6) is 5.75 Å². The molecule has 5 nitrogen and oxygen atoms in total. The maximum atomic E-state index is 13.0. The normalized spacial score (nSPS) is 21.0. The van der Waals surface area contributed by atoms with E-state index < -0.39 is 10.0 Å². The van der Waals surface area contributed by atoms with Gasteiger partial charge in [0.1, 0.15) is 10.6 Å². The lowest BCUT2D eigenvalue weighted by Gasteiger charge is -2.37. The number of methoxy groups -OCH3 is 1. The van der Waals surface area contributed by atoms with E-state index in [1.165, 1.54) is 11.4 Å². The Morgan fingerprint density at radius 2 is 2.09 bits per heavy atom. The molecule has 1 aliphatic rings. The minimum Gasteiger partial charge on any atom is -0.495 e. The summed E-state index contributed by atoms with van der Waals surface area (Å²) in [5.74, 6) is 0.354. The lowest BCUT2D eigenvalue weighted by atomic mass is 10.00. The Hall–Kier alpha value is -0.340. The van der Waals surface area contributed by atoms with Crippen molar-refractivity contribution in [3.63, 3.8) is 0 Å². The van der Waals surface area contributed by atoms with Crippen LogP contribution in [0.1, 0.15) is 26.2 Å². The zero-order valence-corrected chi connectivity index (χ0v) is 15.9. The molecule has 1 aromatic carbocycles. The first-order valence-electron chi connectivity index (χ1n) is 6.99. The van der Waals surface area contributed by atoms with E-state index in [1.54, 1.807) is 18.2 Å². The van der Waals surface area contributed by atoms with Gasteiger partial charge < -0.3 is 10.5 Å². The Morgan fingerprint density at radius 3 is 2.68 bits per heavy atom. The number of piperidine rings is 1. The highest BCUT2D eigenvalue weighted by molar-refractivity contribution is 9.10. The van der Waals surface area contributed by atoms with E-state index in [1.807, 2.05) is 6.92 Å². The fourth-order valence-corrected chi connectivity index (χ4v) is 5.20. The van der Waals surface area contributed by atoms with Crippen LogP contribution in [0.25, 0.3) is 0 Å². The monoisotopic (exact) mass is 412 g/mol. The van der Waals surface area contributed by atoms with E-state index in [4.69, 9.17) is 10.5 Å². The van der Waals surface area contributed by atoms with Gasteiger partial charge in [0.2, 0.25) is 10.0 Å². The van der Waals surface area contributed by atoms with Gasteiger partial charge in [0.25, 0.3) is 0 Å². The van der Waals surface area contributed by atoms with Crippen LogP contribution < -0.4 is 10.5 Å². The summed E-state index contributed by atoms with van der Waals surface area (Å²) < 4.78 is 33.5. The molecule has 8 heteroatoms. The Bertz CT molecular complexity index is 610. The van der Waals surface area contributed by atoms with Gasteiger partial charge >= 0.3 is 0 Å². The van der Waals surface area contributed by atoms with Crippen molar-refractivity contribution < 1.29 is 13.2 Å². The van der Waals surface area contributed by atoms with Crippen molar-refractivity contribution in [3.8, 4) is 5.75 Å². The number of nitrogens with zero attached hydrogens (tertiary/aromatic N) is 1. The summed E-state index contributed by atoms with van der Waals surface area (Å²) in [4.78, 5) is 0.187. The number of hydrogen-bond donors (Lipinski definition) is 1. The van der Waals surface area contributed by atoms with Crippen LogP contribution in [0, 0.1) is 0 Å². The van der Waals surface area contributed by atoms with Gasteiger partial charge in [-0.2, -0.15) is 4.31 Å². The first kappa shape index (κ1) is 19.7. The molecule has 1 saturated heterocycles. The van der Waals surface area contributed by atoms with Crippen molar-refractivity contribution in [2.24, 2.45) is 5.73 Å². The second-order valence-corrected chi connectivity index (χ2v) is 8.11. The molecule has 0 saturated carbocycles. The van der Waals surface area contributed by atoms with Gasteiger partial charge in [-0.1, -0.05) is 22.4 Å². The number of benzene rings is 1. The Balaban J connectivity index is 0.00000242. The molecule has 1 fully saturated rings. The highest BCUT2D eigenvalue weighted by Gasteiger charge is 2.36. The van der Waals surface area contributed by atoms with E-state index in [0.717, 1.165) is 19.3 Å². The number of ether oxygens (including phenoxy) is 1. The molecule has 1 aliphatic heterocycles. The third kappa shape index (κ3) is 3.94. The molecule has 0 radical (unpaired) electrons. The van der Waals surface area contributed by atoms with Gasteiger partial charge in [-0.15, -0.1) is 12.4 Å². The highest BCUT2D eigenvalue weighted by atomic mass is 79.9. The van der Waals surface area contributed by atoms with Crippen molar-refractivity contribution in [3.05, 3.63) is 22.7 Å². The first-order valence-corrected chi connectivity index (χ1v) is 9.22. The first-order chi connectivity index (χ1) is 9.87. The molecular weight excluding hydrogens is 392 g/mol. The lowest BCUT2D eigenvalue weighted by molar-refractivity contribution is 0.226. The minimum absolute atomic E-state index is 0. The maximum absolute atomic E-state index is 13.0. The average molecular weight is 414 g/mol. The Labute approximate surface area is 146 Å². The summed E-state index contributed by atoms with van der Waals surface area (Å²) in [5.41, 5.74) is 5.99. The van der Waals surface area contributed by atoms with Crippen LogP contribution in [0.2, 0.25) is 0 Å². The van der Waals surface area contributed by atoms with E-state index >= 15 is 0 Å². The summed E-state index contributed by atoms with van der Waals surface area (Å²) in [7, 11) is -2.15. The largest absolute Gasteiger partial charge is 0.495 e. The predicted octanol–water partition coefficient (Wildman–Crippen LogP) is 2.77. The van der Waals surface area contributed by atoms with Gasteiger partial charge in [-0.3, -0.25) is 0 Å². The molecule has 0 amide bonds. The number of sulfonamides is 1. The molecule has 126 valence electrons. The van der Waals surface area contributed by atoms with Crippen LogP contribution in [0.3, 0.4) is 0 Å². The van der Waals surface area contributed by atoms with Crippen molar-refractivity contribution in [2.75, 3.05) is 13.7 Å². The fourth-order valence-electron chi connectivity index (χ4n) is 2.73. The number of hydrogen-bond acceptors (Lipinski definition) is 4. The van der Waals surface area contributed by atoms with E-state index in [2.05, 4.69) is 15.9 Å². The molecule has 2 unspecified atom stereocenters. The number of rotatable bonds is 4. The van der Waals surface area contributed by atoms with Crippen LogP contribution in [-0.2, 0) is 10.0 Å². The second-order valence-electron chi connectivity index (χ2n) is 5.33. The lowest BCUT2D eigenvalue weighted by Crippen LogP contribution is -2.51. The smallest absolute Gasteiger partial charge is 0.247 e. The molecule has 0 spiro atoms. The summed E-state index contributed by atoms with van der Waals surface area (Å²) in [5, 5.41) is 0. The standard InChI is InChI=1S/C14H21BrN2O3S.ClH/c1-10(16)12-5-3-4-8-17(12)21(18,19)14-9-11(15)6-7-13(14)20-2;/h6-7,9-10,12H,3-5,8,16H2,1-2H3;1H. The summed E-state index contributed by atoms with van der Waals surface area (Å²) in [6, 6.07) is 4.64. The van der Waals surface area contributed by atoms with Crippen LogP contribution in [0.4, 0.5) is 0 Å². The Kier molecular flexibility index (Phi) is 7.14. The minimum atomic E-state index is -3.62. The zero-order chi connectivity index (χ0) is 15.6. The van der Waals surface area contributed by atoms with Crippen LogP contribution >= 0.6 is 28.3 Å². The topological polar surface area (TPSA) is 72.6 Å². The third-order valence-electron chi connectivity index (χ3n) is 3.82. The number of halogens is 2. The number of nitrogens with two attached hydrogens (primary N) is 1. The van der Waals surface area contributed by atoms with Crippen molar-refractivity contribution in [1.82, 2.24) is 4.31 Å². The molecule has 0 bridgehead atoms. The molecule has 2 rings (SSSR count). The van der Waals surface area contributed by atoms with Gasteiger partial charge in [-0.05, 0) is 38.0 Å². The van der Waals surface area contributed by atoms with Gasteiger partial charge in [-0.25, -0.2) is 8.42 Å². The quantitative estimate of drug-likeness (QED) is 0.824. The van der Waals surface area contributed by atoms with Crippen molar-refractivity contribution in [1.29, 1.82) is 0 Å². The van der Waals surface area contributed by atoms with Gasteiger partial charge in [0.15, 0.2) is 0 Å². The SMILES string of the molecule is COc1ccc(Br)cc1S(=O)(=O)N1CCCCC1C(C)N.Cl. The molecule has 22 heavy (non-hydrogen) atoms.